The van der Waals surface area contributed by atoms with Gasteiger partial charge in [0.15, 0.2) is 37.2 Å². The van der Waals surface area contributed by atoms with Gasteiger partial charge in [0.25, 0.3) is 0 Å². The number of thiol groups is 3. The van der Waals surface area contributed by atoms with E-state index in [0.717, 1.165) is 0 Å². The molecule has 2 aliphatic heterocycles. The van der Waals surface area contributed by atoms with Crippen LogP contribution in [0.15, 0.2) is 23.3 Å². The van der Waals surface area contributed by atoms with Crippen molar-refractivity contribution in [3.05, 3.63) is 23.3 Å². The molecular weight excluding hydrogens is 1130 g/mol. The molecule has 5 aliphatic carbocycles. The fourth-order valence-electron chi connectivity index (χ4n) is 14.7. The van der Waals surface area contributed by atoms with Crippen molar-refractivity contribution < 1.29 is 119 Å². The number of esters is 2. The first-order chi connectivity index (χ1) is 37.6. The minimum Gasteiger partial charge on any atom is -0.479 e. The lowest BCUT2D eigenvalue weighted by atomic mass is 9.37. The van der Waals surface area contributed by atoms with Crippen molar-refractivity contribution in [1.29, 1.82) is 0 Å². The molecule has 0 aromatic rings. The van der Waals surface area contributed by atoms with Crippen molar-refractivity contribution in [2.75, 3.05) is 19.8 Å². The zero-order valence-corrected chi connectivity index (χ0v) is 49.6. The van der Waals surface area contributed by atoms with Crippen molar-refractivity contribution >= 4 is 55.8 Å². The number of rotatable bonds is 19. The molecule has 7 rings (SSSR count). The van der Waals surface area contributed by atoms with E-state index in [9.17, 15) is 80.8 Å². The number of carboxylic acid groups (broad SMARTS) is 1. The first-order valence-electron chi connectivity index (χ1n) is 27.7. The Hall–Kier alpha value is -1.78. The quantitative estimate of drug-likeness (QED) is 0.0240. The minimum absolute atomic E-state index is 0.153. The van der Waals surface area contributed by atoms with Gasteiger partial charge < -0.3 is 104 Å². The average Bonchev–Trinajstić information content (AvgIpc) is 3.12. The molecule has 6 fully saturated rings. The fourth-order valence-corrected chi connectivity index (χ4v) is 16.3. The minimum atomic E-state index is -2.23. The predicted molar refractivity (Wildman–Crippen MR) is 291 cm³/mol. The molecule has 2 saturated heterocycles. The van der Waals surface area contributed by atoms with Gasteiger partial charge in [-0.15, -0.1) is 12.6 Å². The summed E-state index contributed by atoms with van der Waals surface area (Å²) in [6.07, 6.45) is -28.7. The Morgan fingerprint density at radius 3 is 1.86 bits per heavy atom. The number of hydrogen-bond donors (Lipinski definition) is 16. The van der Waals surface area contributed by atoms with Gasteiger partial charge in [-0.1, -0.05) is 45.4 Å². The van der Waals surface area contributed by atoms with E-state index in [4.69, 9.17) is 63.2 Å². The highest BCUT2D eigenvalue weighted by atomic mass is 32.1. The standard InChI is InChI=1S/C54H86O24S3/c1-10-22(4)45(69)78-42-41(77-44(68)21(2)3)52(20-57)26(17-53(42,70)80)25-11-12-29-49(7)15-14-31(51(9,79)30(49)13-16-50(29,8)54(25,81)40(65)39(52)64)74-48(71-24(6)43(66)67)38(76-47-36(63)34(61)32(59)27(18-55)72-47)37(23(5)58)75-46-35(62)33(60)28(19-56)73-46/h10-11,21,23-24,26-42,46-48,55-65,70,79-81H,12-20H2,1-9H3,(H,66,67)/b22-10-/t23?,24?,26?,27?,28?,29?,30?,31-,32?,33?,34?,35?,36?,37?,38?,39+,40-,41-,42-,46?,47?,48?,49+,50+,51-,52-,53-,54+/m0/s1. The van der Waals surface area contributed by atoms with E-state index in [1.165, 1.54) is 26.8 Å². The molecule has 0 bridgehead atoms. The highest BCUT2D eigenvalue weighted by Crippen LogP contribution is 2.74. The lowest BCUT2D eigenvalue weighted by molar-refractivity contribution is -0.361. The topological polar surface area (TPSA) is 388 Å². The van der Waals surface area contributed by atoms with Gasteiger partial charge in [0.1, 0.15) is 59.9 Å². The van der Waals surface area contributed by atoms with Crippen LogP contribution in [0.1, 0.15) is 101 Å². The van der Waals surface area contributed by atoms with Crippen molar-refractivity contribution in [2.45, 2.75) is 232 Å². The summed E-state index contributed by atoms with van der Waals surface area (Å²) < 4.78 is 45.8. The first-order valence-corrected chi connectivity index (χ1v) is 29.0. The third kappa shape index (κ3) is 11.3. The van der Waals surface area contributed by atoms with Crippen LogP contribution in [-0.2, 0) is 52.3 Å². The SMILES string of the molecule is C/C=C(/C)C(=O)O[C@H]1[C@H](OC(=O)C(C)C)[C@@]2(CO)C(C[C@]1(O)S)C1=CCC3[C@@]4(C)CC[C@H](OC(OC(C)C(=O)O)C(OC5OC(CO)C(O)C(O)C5O)C(OC5OC(CO)C(O)C5O)C(C)O)[C@@](C)(S)C4CC[C@@]3(C)[C@]1(S)[C@@H](O)[C@H]2O. The Morgan fingerprint density at radius 2 is 1.33 bits per heavy atom. The van der Waals surface area contributed by atoms with E-state index in [0.29, 0.717) is 31.3 Å². The van der Waals surface area contributed by atoms with Gasteiger partial charge in [-0.25, -0.2) is 9.59 Å². The van der Waals surface area contributed by atoms with Crippen LogP contribution in [0.2, 0.25) is 0 Å². The maximum Gasteiger partial charge on any atom is 0.333 e. The van der Waals surface area contributed by atoms with Gasteiger partial charge in [-0.05, 0) is 102 Å². The van der Waals surface area contributed by atoms with Crippen molar-refractivity contribution in [3.63, 3.8) is 0 Å². The highest BCUT2D eigenvalue weighted by molar-refractivity contribution is 7.82. The molecule has 0 spiro atoms. The number of aliphatic hydroxyl groups excluding tert-OH is 11. The lowest BCUT2D eigenvalue weighted by Crippen LogP contribution is -2.79. The summed E-state index contributed by atoms with van der Waals surface area (Å²) in [5.41, 5.74) is -3.07. The zero-order chi connectivity index (χ0) is 60.6. The summed E-state index contributed by atoms with van der Waals surface area (Å²) in [4.78, 5) is 37.4. The molecule has 0 radical (unpaired) electrons. The van der Waals surface area contributed by atoms with Gasteiger partial charge in [0.05, 0.1) is 60.3 Å². The number of aliphatic hydroxyl groups is 12. The van der Waals surface area contributed by atoms with Crippen molar-refractivity contribution in [1.82, 2.24) is 0 Å². The second kappa shape index (κ2) is 24.8. The molecule has 2 heterocycles. The summed E-state index contributed by atoms with van der Waals surface area (Å²) >= 11 is 15.5. The largest absolute Gasteiger partial charge is 0.479 e. The van der Waals surface area contributed by atoms with Crippen LogP contribution in [0.4, 0.5) is 0 Å². The highest BCUT2D eigenvalue weighted by Gasteiger charge is 2.77. The zero-order valence-electron chi connectivity index (χ0n) is 46.9. The Bertz CT molecular complexity index is 2320. The average molecular weight is 1220 g/mol. The number of allylic oxidation sites excluding steroid dienone is 2. The van der Waals surface area contributed by atoms with Crippen LogP contribution in [0.5, 0.6) is 0 Å². The van der Waals surface area contributed by atoms with Crippen molar-refractivity contribution in [3.8, 4) is 0 Å². The second-order valence-corrected chi connectivity index (χ2v) is 27.0. The number of carbonyl (C=O) groups is 3. The molecule has 0 aromatic heterocycles. The fraction of sp³-hybridized carbons (Fsp3) is 0.870. The van der Waals surface area contributed by atoms with Gasteiger partial charge in [-0.3, -0.25) is 4.79 Å². The molecule has 464 valence electrons. The number of ether oxygens (including phenoxy) is 8. The van der Waals surface area contributed by atoms with E-state index in [-0.39, 0.29) is 24.3 Å². The molecule has 0 aromatic carbocycles. The summed E-state index contributed by atoms with van der Waals surface area (Å²) in [7, 11) is 0. The predicted octanol–water partition coefficient (Wildman–Crippen LogP) is -1.10. The maximum absolute atomic E-state index is 13.6. The van der Waals surface area contributed by atoms with Crippen LogP contribution in [-0.4, -0.2) is 235 Å². The third-order valence-electron chi connectivity index (χ3n) is 19.5. The molecule has 7 aliphatic rings. The Labute approximate surface area is 487 Å². The first kappa shape index (κ1) is 66.7. The van der Waals surface area contributed by atoms with Crippen LogP contribution in [0, 0.1) is 39.9 Å². The van der Waals surface area contributed by atoms with E-state index < -0.39 is 203 Å². The molecular formula is C54H86O24S3. The Balaban J connectivity index is 1.27. The number of aliphatic carboxylic acids is 1. The van der Waals surface area contributed by atoms with Crippen LogP contribution in [0.25, 0.3) is 0 Å². The lowest BCUT2D eigenvalue weighted by Gasteiger charge is -2.72. The molecule has 4 saturated carbocycles. The molecule has 13 N–H and O–H groups in total. The molecule has 0 amide bonds. The molecule has 28 atom stereocenters. The summed E-state index contributed by atoms with van der Waals surface area (Å²) in [5, 5.41) is 146. The van der Waals surface area contributed by atoms with Gasteiger partial charge in [-0.2, -0.15) is 25.3 Å². The van der Waals surface area contributed by atoms with Gasteiger partial charge in [0.2, 0.25) is 0 Å². The molecule has 27 heteroatoms. The summed E-state index contributed by atoms with van der Waals surface area (Å²) in [6.45, 7) is 11.9. The summed E-state index contributed by atoms with van der Waals surface area (Å²) in [6, 6.07) is 0. The number of carboxylic acids is 1. The van der Waals surface area contributed by atoms with Crippen LogP contribution in [0.3, 0.4) is 0 Å². The molecule has 81 heavy (non-hydrogen) atoms. The van der Waals surface area contributed by atoms with Gasteiger partial charge >= 0.3 is 17.9 Å². The number of carbonyl (C=O) groups excluding carboxylic acids is 2. The molecule has 17 unspecified atom stereocenters. The second-order valence-electron chi connectivity index (χ2n) is 24.6. The Morgan fingerprint density at radius 1 is 0.765 bits per heavy atom. The van der Waals surface area contributed by atoms with E-state index >= 15 is 0 Å². The number of hydrogen-bond acceptors (Lipinski definition) is 26. The maximum atomic E-state index is 13.6. The van der Waals surface area contributed by atoms with Crippen molar-refractivity contribution in [2.24, 2.45) is 39.9 Å². The van der Waals surface area contributed by atoms with E-state index in [1.54, 1.807) is 20.8 Å². The van der Waals surface area contributed by atoms with Gasteiger partial charge in [0, 0.05) is 10.3 Å². The third-order valence-corrected chi connectivity index (χ3v) is 21.6. The molecule has 24 nitrogen and oxygen atoms in total. The van der Waals surface area contributed by atoms with Crippen LogP contribution >= 0.6 is 37.9 Å². The summed E-state index contributed by atoms with van der Waals surface area (Å²) in [5.74, 6) is -5.74. The van der Waals surface area contributed by atoms with E-state index in [2.05, 4.69) is 19.6 Å². The number of fused-ring (bicyclic) bond motifs is 7. The van der Waals surface area contributed by atoms with Crippen LogP contribution < -0.4 is 0 Å². The smallest absolute Gasteiger partial charge is 0.333 e. The Kier molecular flexibility index (Phi) is 20.4. The monoisotopic (exact) mass is 1210 g/mol. The normalized spacial score (nSPS) is 47.1. The van der Waals surface area contributed by atoms with E-state index in [1.807, 2.05) is 19.9 Å².